The van der Waals surface area contributed by atoms with Crippen molar-refractivity contribution in [1.29, 1.82) is 0 Å². The predicted molar refractivity (Wildman–Crippen MR) is 118 cm³/mol. The van der Waals surface area contributed by atoms with Gasteiger partial charge in [0.05, 0.1) is 20.3 Å². The Hall–Kier alpha value is -3.13. The summed E-state index contributed by atoms with van der Waals surface area (Å²) < 4.78 is 46.8. The molecule has 0 bridgehead atoms. The van der Waals surface area contributed by atoms with Crippen molar-refractivity contribution in [2.75, 3.05) is 20.8 Å². The Bertz CT molecular complexity index is 1130. The maximum Gasteiger partial charge on any atom is 0.255 e. The van der Waals surface area contributed by atoms with Crippen molar-refractivity contribution < 1.29 is 27.8 Å². The Morgan fingerprint density at radius 3 is 2.19 bits per heavy atom. The first-order valence-corrected chi connectivity index (χ1v) is 10.6. The fraction of sp³-hybridized carbons (Fsp3) is 0.208. The number of hydrogen-bond donors (Lipinski definition) is 0. The average molecular weight is 504 g/mol. The van der Waals surface area contributed by atoms with Crippen LogP contribution >= 0.6 is 15.9 Å². The van der Waals surface area contributed by atoms with Crippen LogP contribution in [0.2, 0.25) is 0 Å². The second-order valence-corrected chi connectivity index (χ2v) is 8.16. The Kier molecular flexibility index (Phi) is 6.32. The quantitative estimate of drug-likeness (QED) is 0.425. The van der Waals surface area contributed by atoms with Gasteiger partial charge in [-0.1, -0.05) is 15.9 Å². The molecule has 0 fully saturated rings. The van der Waals surface area contributed by atoms with Crippen molar-refractivity contribution in [3.8, 4) is 17.2 Å². The molecule has 1 heterocycles. The standard InChI is InChI=1S/C24H20BrF2NO4/c1-30-16-4-6-17(7-5-16)32-13-22(23-20(26)10-18(31-2)11-21(23)27)28-12-14-9-15(25)3-8-19(14)24(28)29/h3-11,22H,12-13H2,1-2H3. The Labute approximate surface area is 192 Å². The number of carbonyl (C=O) groups excluding carboxylic acids is 1. The van der Waals surface area contributed by atoms with Crippen LogP contribution in [0.1, 0.15) is 27.5 Å². The summed E-state index contributed by atoms with van der Waals surface area (Å²) in [4.78, 5) is 14.6. The van der Waals surface area contributed by atoms with E-state index in [-0.39, 0.29) is 30.4 Å². The largest absolute Gasteiger partial charge is 0.497 e. The molecule has 32 heavy (non-hydrogen) atoms. The molecule has 3 aromatic rings. The first kappa shape index (κ1) is 22.1. The zero-order valence-electron chi connectivity index (χ0n) is 17.4. The third kappa shape index (κ3) is 4.27. The molecular weight excluding hydrogens is 484 g/mol. The fourth-order valence-corrected chi connectivity index (χ4v) is 4.15. The smallest absolute Gasteiger partial charge is 0.255 e. The van der Waals surface area contributed by atoms with Crippen LogP contribution < -0.4 is 14.2 Å². The molecule has 0 aromatic heterocycles. The number of benzene rings is 3. The molecule has 0 radical (unpaired) electrons. The van der Waals surface area contributed by atoms with Crippen LogP contribution in [0.3, 0.4) is 0 Å². The van der Waals surface area contributed by atoms with Gasteiger partial charge in [0.15, 0.2) is 0 Å². The van der Waals surface area contributed by atoms with E-state index >= 15 is 8.78 Å². The number of halogens is 3. The van der Waals surface area contributed by atoms with Crippen LogP contribution in [0.4, 0.5) is 8.78 Å². The molecular formula is C24H20BrF2NO4. The van der Waals surface area contributed by atoms with Crippen LogP contribution in [-0.4, -0.2) is 31.6 Å². The van der Waals surface area contributed by atoms with E-state index in [9.17, 15) is 4.79 Å². The van der Waals surface area contributed by atoms with Crippen LogP contribution in [0.15, 0.2) is 59.1 Å². The lowest BCUT2D eigenvalue weighted by atomic mass is 10.0. The number of nitrogens with zero attached hydrogens (tertiary/aromatic N) is 1. The first-order valence-electron chi connectivity index (χ1n) is 9.80. The summed E-state index contributed by atoms with van der Waals surface area (Å²) in [5.74, 6) is -0.747. The van der Waals surface area contributed by atoms with E-state index in [0.717, 1.165) is 22.2 Å². The lowest BCUT2D eigenvalue weighted by Gasteiger charge is -2.29. The van der Waals surface area contributed by atoms with Crippen molar-refractivity contribution >= 4 is 21.8 Å². The number of rotatable bonds is 7. The summed E-state index contributed by atoms with van der Waals surface area (Å²) in [5.41, 5.74) is 1.02. The fourth-order valence-electron chi connectivity index (χ4n) is 3.74. The maximum absolute atomic E-state index is 15.0. The summed E-state index contributed by atoms with van der Waals surface area (Å²) in [5, 5.41) is 0. The van der Waals surface area contributed by atoms with Crippen LogP contribution in [0.25, 0.3) is 0 Å². The second kappa shape index (κ2) is 9.16. The summed E-state index contributed by atoms with van der Waals surface area (Å²) in [6.45, 7) is 0.0581. The van der Waals surface area contributed by atoms with Crippen LogP contribution in [-0.2, 0) is 6.54 Å². The van der Waals surface area contributed by atoms with E-state index < -0.39 is 17.7 Å². The molecule has 3 aromatic carbocycles. The lowest BCUT2D eigenvalue weighted by molar-refractivity contribution is 0.0625. The number of hydrogen-bond acceptors (Lipinski definition) is 4. The van der Waals surface area contributed by atoms with Crippen molar-refractivity contribution in [1.82, 2.24) is 4.90 Å². The molecule has 0 saturated carbocycles. The van der Waals surface area contributed by atoms with Gasteiger partial charge in [0.2, 0.25) is 0 Å². The predicted octanol–water partition coefficient (Wildman–Crippen LogP) is 5.52. The molecule has 1 amide bonds. The monoisotopic (exact) mass is 503 g/mol. The van der Waals surface area contributed by atoms with Crippen LogP contribution in [0, 0.1) is 11.6 Å². The average Bonchev–Trinajstić information content (AvgIpc) is 3.10. The van der Waals surface area contributed by atoms with Crippen molar-refractivity contribution in [3.05, 3.63) is 87.4 Å². The molecule has 8 heteroatoms. The Morgan fingerprint density at radius 2 is 1.56 bits per heavy atom. The molecule has 1 aliphatic rings. The highest BCUT2D eigenvalue weighted by Crippen LogP contribution is 2.36. The van der Waals surface area contributed by atoms with Gasteiger partial charge in [-0.25, -0.2) is 8.78 Å². The van der Waals surface area contributed by atoms with E-state index in [1.54, 1.807) is 43.5 Å². The van der Waals surface area contributed by atoms with E-state index in [1.165, 1.54) is 12.0 Å². The van der Waals surface area contributed by atoms with Crippen molar-refractivity contribution in [3.63, 3.8) is 0 Å². The molecule has 1 unspecified atom stereocenters. The summed E-state index contributed by atoms with van der Waals surface area (Å²) in [6, 6.07) is 13.3. The zero-order valence-corrected chi connectivity index (χ0v) is 19.0. The van der Waals surface area contributed by atoms with E-state index in [2.05, 4.69) is 15.9 Å². The highest BCUT2D eigenvalue weighted by Gasteiger charge is 2.37. The number of ether oxygens (including phenoxy) is 3. The highest BCUT2D eigenvalue weighted by molar-refractivity contribution is 9.10. The molecule has 0 N–H and O–H groups in total. The molecule has 1 atom stereocenters. The van der Waals surface area contributed by atoms with Gasteiger partial charge in [0, 0.05) is 34.3 Å². The van der Waals surface area contributed by atoms with Gasteiger partial charge < -0.3 is 19.1 Å². The minimum absolute atomic E-state index is 0.0542. The molecule has 1 aliphatic heterocycles. The molecule has 0 saturated heterocycles. The third-order valence-corrected chi connectivity index (χ3v) is 5.86. The number of methoxy groups -OCH3 is 2. The molecule has 4 rings (SSSR count). The van der Waals surface area contributed by atoms with E-state index in [4.69, 9.17) is 14.2 Å². The van der Waals surface area contributed by atoms with Gasteiger partial charge in [-0.3, -0.25) is 4.79 Å². The lowest BCUT2D eigenvalue weighted by Crippen LogP contribution is -2.34. The second-order valence-electron chi connectivity index (χ2n) is 7.24. The Balaban J connectivity index is 1.69. The number of carbonyl (C=O) groups is 1. The molecule has 166 valence electrons. The number of amides is 1. The Morgan fingerprint density at radius 1 is 0.938 bits per heavy atom. The minimum Gasteiger partial charge on any atom is -0.497 e. The van der Waals surface area contributed by atoms with Crippen LogP contribution in [0.5, 0.6) is 17.2 Å². The van der Waals surface area contributed by atoms with E-state index in [1.807, 2.05) is 6.07 Å². The van der Waals surface area contributed by atoms with Gasteiger partial charge in [-0.2, -0.15) is 0 Å². The van der Waals surface area contributed by atoms with Crippen molar-refractivity contribution in [2.24, 2.45) is 0 Å². The molecule has 0 aliphatic carbocycles. The SMILES string of the molecule is COc1ccc(OCC(c2c(F)cc(OC)cc2F)N2Cc3cc(Br)ccc3C2=O)cc1. The minimum atomic E-state index is -0.998. The summed E-state index contributed by atoms with van der Waals surface area (Å²) in [6.07, 6.45) is 0. The molecule has 0 spiro atoms. The summed E-state index contributed by atoms with van der Waals surface area (Å²) in [7, 11) is 2.88. The van der Waals surface area contributed by atoms with Gasteiger partial charge in [0.25, 0.3) is 5.91 Å². The summed E-state index contributed by atoms with van der Waals surface area (Å²) >= 11 is 3.40. The normalized spacial score (nSPS) is 13.7. The third-order valence-electron chi connectivity index (χ3n) is 5.36. The first-order chi connectivity index (χ1) is 15.4. The number of fused-ring (bicyclic) bond motifs is 1. The highest BCUT2D eigenvalue weighted by atomic mass is 79.9. The van der Waals surface area contributed by atoms with Gasteiger partial charge in [0.1, 0.15) is 35.5 Å². The molecule has 5 nitrogen and oxygen atoms in total. The van der Waals surface area contributed by atoms with E-state index in [0.29, 0.717) is 17.1 Å². The van der Waals surface area contributed by atoms with Crippen molar-refractivity contribution in [2.45, 2.75) is 12.6 Å². The topological polar surface area (TPSA) is 48.0 Å². The maximum atomic E-state index is 15.0. The van der Waals surface area contributed by atoms with Gasteiger partial charge in [-0.05, 0) is 48.0 Å². The zero-order chi connectivity index (χ0) is 22.8. The van der Waals surface area contributed by atoms with Gasteiger partial charge >= 0.3 is 0 Å². The van der Waals surface area contributed by atoms with Gasteiger partial charge in [-0.15, -0.1) is 0 Å².